The normalized spacial score (nSPS) is 33.1. The number of carbonyl (C=O) groups excluding carboxylic acids is 1. The number of rotatable bonds is 6. The molecule has 0 aromatic heterocycles. The van der Waals surface area contributed by atoms with Gasteiger partial charge in [-0.25, -0.2) is 0 Å². The minimum atomic E-state index is -3.85. The second-order valence-corrected chi connectivity index (χ2v) is 8.27. The van der Waals surface area contributed by atoms with Gasteiger partial charge in [-0.2, -0.15) is 8.42 Å². The summed E-state index contributed by atoms with van der Waals surface area (Å²) in [6.07, 6.45) is -3.10. The Bertz CT molecular complexity index is 771. The van der Waals surface area contributed by atoms with Gasteiger partial charge in [0.05, 0.1) is 12.9 Å². The molecule has 0 radical (unpaired) electrons. The first-order valence-corrected chi connectivity index (χ1v) is 10.8. The molecule has 2 fully saturated rings. The predicted octanol–water partition coefficient (Wildman–Crippen LogP) is 0.711. The summed E-state index contributed by atoms with van der Waals surface area (Å²) >= 11 is 0. The molecule has 2 aliphatic heterocycles. The van der Waals surface area contributed by atoms with E-state index in [9.17, 15) is 13.2 Å². The lowest BCUT2D eigenvalue weighted by Gasteiger charge is -2.48. The van der Waals surface area contributed by atoms with Crippen LogP contribution in [0.1, 0.15) is 25.7 Å². The summed E-state index contributed by atoms with van der Waals surface area (Å²) in [6, 6.07) is 8.38. The molecule has 28 heavy (non-hydrogen) atoms. The number of amides is 1. The molecule has 1 N–H and O–H groups in total. The molecule has 2 saturated heterocycles. The number of benzene rings is 1. The Morgan fingerprint density at radius 3 is 2.57 bits per heavy atom. The van der Waals surface area contributed by atoms with E-state index in [1.165, 1.54) is 6.92 Å². The first-order chi connectivity index (χ1) is 13.3. The Balaban J connectivity index is 1.91. The van der Waals surface area contributed by atoms with Gasteiger partial charge < -0.3 is 24.3 Å². The summed E-state index contributed by atoms with van der Waals surface area (Å²) in [5.74, 6) is -0.370. The summed E-state index contributed by atoms with van der Waals surface area (Å²) < 4.78 is 52.5. The molecule has 1 aromatic rings. The van der Waals surface area contributed by atoms with Gasteiger partial charge in [0.2, 0.25) is 5.91 Å². The number of fused-ring (bicyclic) bond motifs is 1. The summed E-state index contributed by atoms with van der Waals surface area (Å²) in [4.78, 5) is 11.7. The van der Waals surface area contributed by atoms with Crippen LogP contribution >= 0.6 is 0 Å². The van der Waals surface area contributed by atoms with Gasteiger partial charge in [0, 0.05) is 19.1 Å². The van der Waals surface area contributed by atoms with Crippen LogP contribution in [-0.4, -0.2) is 64.4 Å². The highest BCUT2D eigenvalue weighted by Crippen LogP contribution is 2.36. The standard InChI is InChI=1S/C18H25NO8S/c1-4-23-18-14(19-11(2)20)16(27-28(3,21)22)15-13(25-18)10-24-17(26-15)12-8-6-5-7-9-12/h5-9,13-18H,4,10H2,1-3H3,(H,19,20)/t13-,14-,15-,16-,17-,18-/m0/s1. The quantitative estimate of drug-likeness (QED) is 0.677. The summed E-state index contributed by atoms with van der Waals surface area (Å²) in [6.45, 7) is 3.55. The molecule has 3 rings (SSSR count). The average molecular weight is 415 g/mol. The van der Waals surface area contributed by atoms with Crippen molar-refractivity contribution in [1.82, 2.24) is 5.32 Å². The molecule has 0 spiro atoms. The Morgan fingerprint density at radius 1 is 1.25 bits per heavy atom. The van der Waals surface area contributed by atoms with E-state index < -0.39 is 47.1 Å². The zero-order chi connectivity index (χ0) is 20.3. The van der Waals surface area contributed by atoms with Crippen molar-refractivity contribution in [1.29, 1.82) is 0 Å². The highest BCUT2D eigenvalue weighted by atomic mass is 32.2. The maximum atomic E-state index is 11.9. The van der Waals surface area contributed by atoms with E-state index in [-0.39, 0.29) is 12.5 Å². The van der Waals surface area contributed by atoms with Crippen LogP contribution in [0.4, 0.5) is 0 Å². The Hall–Kier alpha value is -1.56. The SMILES string of the molecule is CCO[C@H]1O[C@H]2CO[C@H](c3ccccc3)O[C@@H]2[C@@H](OS(C)(=O)=O)[C@@H]1NC(C)=O. The number of nitrogens with one attached hydrogen (secondary N) is 1. The second kappa shape index (κ2) is 8.85. The first-order valence-electron chi connectivity index (χ1n) is 9.03. The molecule has 1 aromatic carbocycles. The molecule has 6 atom stereocenters. The van der Waals surface area contributed by atoms with Crippen LogP contribution < -0.4 is 5.32 Å². The van der Waals surface area contributed by atoms with E-state index in [2.05, 4.69) is 5.32 Å². The molecule has 0 saturated carbocycles. The molecule has 2 heterocycles. The van der Waals surface area contributed by atoms with Crippen LogP contribution in [-0.2, 0) is 38.0 Å². The zero-order valence-electron chi connectivity index (χ0n) is 15.9. The van der Waals surface area contributed by atoms with Crippen molar-refractivity contribution >= 4 is 16.0 Å². The molecular weight excluding hydrogens is 390 g/mol. The van der Waals surface area contributed by atoms with Crippen LogP contribution in [0.2, 0.25) is 0 Å². The van der Waals surface area contributed by atoms with Crippen molar-refractivity contribution in [2.45, 2.75) is 50.8 Å². The highest BCUT2D eigenvalue weighted by Gasteiger charge is 2.52. The lowest BCUT2D eigenvalue weighted by molar-refractivity contribution is -0.340. The Labute approximate surface area is 164 Å². The molecule has 9 nitrogen and oxygen atoms in total. The average Bonchev–Trinajstić information content (AvgIpc) is 2.64. The monoisotopic (exact) mass is 415 g/mol. The van der Waals surface area contributed by atoms with E-state index in [1.54, 1.807) is 6.92 Å². The first kappa shape index (κ1) is 21.2. The molecule has 156 valence electrons. The topological polar surface area (TPSA) is 109 Å². The molecule has 10 heteroatoms. The van der Waals surface area contributed by atoms with Gasteiger partial charge in [0.15, 0.2) is 12.6 Å². The van der Waals surface area contributed by atoms with Gasteiger partial charge in [-0.05, 0) is 6.92 Å². The maximum Gasteiger partial charge on any atom is 0.264 e. The summed E-state index contributed by atoms with van der Waals surface area (Å²) in [5, 5.41) is 2.68. The Kier molecular flexibility index (Phi) is 6.69. The largest absolute Gasteiger partial charge is 0.351 e. The van der Waals surface area contributed by atoms with Crippen molar-refractivity contribution < 1.29 is 36.3 Å². The summed E-state index contributed by atoms with van der Waals surface area (Å²) in [5.41, 5.74) is 0.780. The maximum absolute atomic E-state index is 11.9. The third kappa shape index (κ3) is 5.07. The number of hydrogen-bond acceptors (Lipinski definition) is 8. The van der Waals surface area contributed by atoms with Gasteiger partial charge in [-0.15, -0.1) is 0 Å². The lowest BCUT2D eigenvalue weighted by Crippen LogP contribution is -2.67. The highest BCUT2D eigenvalue weighted by molar-refractivity contribution is 7.86. The van der Waals surface area contributed by atoms with Gasteiger partial charge >= 0.3 is 0 Å². The van der Waals surface area contributed by atoms with Crippen LogP contribution in [0.15, 0.2) is 30.3 Å². The molecule has 0 unspecified atom stereocenters. The van der Waals surface area contributed by atoms with E-state index in [4.69, 9.17) is 23.1 Å². The minimum Gasteiger partial charge on any atom is -0.351 e. The fourth-order valence-corrected chi connectivity index (χ4v) is 3.99. The van der Waals surface area contributed by atoms with Crippen LogP contribution in [0.3, 0.4) is 0 Å². The van der Waals surface area contributed by atoms with Crippen molar-refractivity contribution in [2.75, 3.05) is 19.5 Å². The molecular formula is C18H25NO8S. The van der Waals surface area contributed by atoms with Gasteiger partial charge in [-0.1, -0.05) is 30.3 Å². The number of carbonyl (C=O) groups is 1. The van der Waals surface area contributed by atoms with Crippen molar-refractivity contribution in [3.63, 3.8) is 0 Å². The third-order valence-corrected chi connectivity index (χ3v) is 4.97. The zero-order valence-corrected chi connectivity index (χ0v) is 16.8. The lowest BCUT2D eigenvalue weighted by atomic mass is 9.95. The number of hydrogen-bond donors (Lipinski definition) is 1. The van der Waals surface area contributed by atoms with Gasteiger partial charge in [-0.3, -0.25) is 8.98 Å². The van der Waals surface area contributed by atoms with Crippen LogP contribution in [0.25, 0.3) is 0 Å². The molecule has 1 amide bonds. The van der Waals surface area contributed by atoms with Crippen molar-refractivity contribution in [2.24, 2.45) is 0 Å². The minimum absolute atomic E-state index is 0.157. The van der Waals surface area contributed by atoms with Gasteiger partial charge in [0.1, 0.15) is 24.4 Å². The number of ether oxygens (including phenoxy) is 4. The van der Waals surface area contributed by atoms with E-state index in [0.717, 1.165) is 11.8 Å². The molecule has 2 aliphatic rings. The fraction of sp³-hybridized carbons (Fsp3) is 0.611. The van der Waals surface area contributed by atoms with E-state index >= 15 is 0 Å². The fourth-order valence-electron chi connectivity index (χ4n) is 3.36. The van der Waals surface area contributed by atoms with Crippen molar-refractivity contribution in [3.8, 4) is 0 Å². The summed E-state index contributed by atoms with van der Waals surface area (Å²) in [7, 11) is -3.85. The van der Waals surface area contributed by atoms with Crippen molar-refractivity contribution in [3.05, 3.63) is 35.9 Å². The second-order valence-electron chi connectivity index (χ2n) is 6.67. The Morgan fingerprint density at radius 2 is 1.96 bits per heavy atom. The van der Waals surface area contributed by atoms with Gasteiger partial charge in [0.25, 0.3) is 10.1 Å². The van der Waals surface area contributed by atoms with E-state index in [1.807, 2.05) is 30.3 Å². The molecule has 0 bridgehead atoms. The smallest absolute Gasteiger partial charge is 0.264 e. The predicted molar refractivity (Wildman–Crippen MR) is 97.6 cm³/mol. The molecule has 0 aliphatic carbocycles. The van der Waals surface area contributed by atoms with E-state index in [0.29, 0.717) is 6.61 Å². The van der Waals surface area contributed by atoms with Crippen LogP contribution in [0.5, 0.6) is 0 Å². The third-order valence-electron chi connectivity index (χ3n) is 4.40. The van der Waals surface area contributed by atoms with Crippen LogP contribution in [0, 0.1) is 0 Å².